The van der Waals surface area contributed by atoms with Crippen molar-refractivity contribution in [1.82, 2.24) is 5.32 Å². The Morgan fingerprint density at radius 3 is 2.48 bits per heavy atom. The third-order valence-corrected chi connectivity index (χ3v) is 3.99. The Hall–Kier alpha value is -1.96. The molecular formula is C15H20F3N3O2. The molecule has 1 fully saturated rings. The van der Waals surface area contributed by atoms with Gasteiger partial charge in [0.15, 0.2) is 0 Å². The lowest BCUT2D eigenvalue weighted by Gasteiger charge is -2.19. The zero-order valence-corrected chi connectivity index (χ0v) is 13.0. The summed E-state index contributed by atoms with van der Waals surface area (Å²) in [5.74, 6) is 0. The average Bonchev–Trinajstić information content (AvgIpc) is 3.25. The van der Waals surface area contributed by atoms with E-state index in [0.717, 1.165) is 18.9 Å². The van der Waals surface area contributed by atoms with Gasteiger partial charge in [-0.1, -0.05) is 0 Å². The first-order valence-corrected chi connectivity index (χ1v) is 7.21. The minimum atomic E-state index is -4.57. The highest BCUT2D eigenvalue weighted by Crippen LogP contribution is 2.44. The first-order chi connectivity index (χ1) is 10.7. The maximum absolute atomic E-state index is 13.2. The Balaban J connectivity index is 2.10. The molecule has 5 nitrogen and oxygen atoms in total. The van der Waals surface area contributed by atoms with Gasteiger partial charge in [0.2, 0.25) is 0 Å². The van der Waals surface area contributed by atoms with Crippen molar-refractivity contribution < 1.29 is 23.1 Å². The predicted octanol–water partition coefficient (Wildman–Crippen LogP) is 2.67. The zero-order chi connectivity index (χ0) is 17.3. The van der Waals surface area contributed by atoms with Gasteiger partial charge in [0, 0.05) is 31.7 Å². The van der Waals surface area contributed by atoms with Crippen LogP contribution < -0.4 is 15.5 Å². The quantitative estimate of drug-likeness (QED) is 0.777. The molecule has 0 atom stereocenters. The molecule has 0 unspecified atom stereocenters. The van der Waals surface area contributed by atoms with Crippen molar-refractivity contribution in [3.8, 4) is 0 Å². The summed E-state index contributed by atoms with van der Waals surface area (Å²) in [4.78, 5) is 13.4. The Kier molecular flexibility index (Phi) is 4.74. The first-order valence-electron chi connectivity index (χ1n) is 7.21. The van der Waals surface area contributed by atoms with Crippen molar-refractivity contribution in [1.29, 1.82) is 0 Å². The van der Waals surface area contributed by atoms with Crippen molar-refractivity contribution in [2.24, 2.45) is 5.41 Å². The third-order valence-electron chi connectivity index (χ3n) is 3.99. The van der Waals surface area contributed by atoms with E-state index < -0.39 is 17.8 Å². The summed E-state index contributed by atoms with van der Waals surface area (Å²) in [5.41, 5.74) is -1.11. The fraction of sp³-hybridized carbons (Fsp3) is 0.533. The molecule has 3 N–H and O–H groups in total. The number of halogens is 3. The minimum Gasteiger partial charge on any atom is -0.396 e. The van der Waals surface area contributed by atoms with Crippen molar-refractivity contribution in [2.75, 3.05) is 37.5 Å². The van der Waals surface area contributed by atoms with E-state index in [1.807, 2.05) is 0 Å². The molecule has 1 aromatic rings. The van der Waals surface area contributed by atoms with Gasteiger partial charge in [0.1, 0.15) is 0 Å². The van der Waals surface area contributed by atoms with Crippen LogP contribution in [0.25, 0.3) is 0 Å². The SMILES string of the molecule is CN(C)c1ccc(NC(=O)NCC2(CO)CC2)c(C(F)(F)F)c1. The predicted molar refractivity (Wildman–Crippen MR) is 81.5 cm³/mol. The second kappa shape index (κ2) is 6.27. The number of nitrogens with one attached hydrogen (secondary N) is 2. The first kappa shape index (κ1) is 17.4. The number of carbonyl (C=O) groups excluding carboxylic acids is 1. The van der Waals surface area contributed by atoms with Crippen LogP contribution in [-0.4, -0.2) is 38.4 Å². The lowest BCUT2D eigenvalue weighted by molar-refractivity contribution is -0.136. The number of anilines is 2. The highest BCUT2D eigenvalue weighted by molar-refractivity contribution is 5.90. The van der Waals surface area contributed by atoms with Crippen molar-refractivity contribution >= 4 is 17.4 Å². The fourth-order valence-electron chi connectivity index (χ4n) is 2.16. The van der Waals surface area contributed by atoms with Crippen molar-refractivity contribution in [3.05, 3.63) is 23.8 Å². The maximum Gasteiger partial charge on any atom is 0.418 e. The minimum absolute atomic E-state index is 0.0430. The van der Waals surface area contributed by atoms with Gasteiger partial charge in [0.25, 0.3) is 0 Å². The zero-order valence-electron chi connectivity index (χ0n) is 13.0. The van der Waals surface area contributed by atoms with Crippen LogP contribution in [0.3, 0.4) is 0 Å². The number of benzene rings is 1. The van der Waals surface area contributed by atoms with Crippen molar-refractivity contribution in [2.45, 2.75) is 19.0 Å². The number of nitrogens with zero attached hydrogens (tertiary/aromatic N) is 1. The normalized spacial score (nSPS) is 15.9. The molecule has 1 aromatic carbocycles. The second-order valence-corrected chi connectivity index (χ2v) is 6.09. The largest absolute Gasteiger partial charge is 0.418 e. The molecule has 8 heteroatoms. The van der Waals surface area contributed by atoms with Gasteiger partial charge in [-0.05, 0) is 31.0 Å². The van der Waals surface area contributed by atoms with Crippen LogP contribution >= 0.6 is 0 Å². The number of alkyl halides is 3. The van der Waals surface area contributed by atoms with Gasteiger partial charge >= 0.3 is 12.2 Å². The summed E-state index contributed by atoms with van der Waals surface area (Å²) in [6.07, 6.45) is -2.97. The maximum atomic E-state index is 13.2. The van der Waals surface area contributed by atoms with E-state index in [0.29, 0.717) is 5.69 Å². The standard InChI is InChI=1S/C15H20F3N3O2/c1-21(2)10-3-4-12(11(7-10)15(16,17)18)20-13(23)19-8-14(9-22)5-6-14/h3-4,7,22H,5-6,8-9H2,1-2H3,(H2,19,20,23). The average molecular weight is 331 g/mol. The molecule has 0 bridgehead atoms. The molecule has 2 rings (SSSR count). The van der Waals surface area contributed by atoms with E-state index in [1.54, 1.807) is 19.0 Å². The van der Waals surface area contributed by atoms with Crippen LogP contribution in [0.2, 0.25) is 0 Å². The number of carbonyl (C=O) groups is 1. The van der Waals surface area contributed by atoms with E-state index in [9.17, 15) is 18.0 Å². The number of aliphatic hydroxyl groups excluding tert-OH is 1. The molecule has 1 aliphatic rings. The van der Waals surface area contributed by atoms with E-state index in [1.165, 1.54) is 12.1 Å². The summed E-state index contributed by atoms with van der Waals surface area (Å²) in [7, 11) is 3.28. The van der Waals surface area contributed by atoms with Crippen LogP contribution in [0.15, 0.2) is 18.2 Å². The molecule has 1 saturated carbocycles. The molecule has 128 valence electrons. The highest BCUT2D eigenvalue weighted by Gasteiger charge is 2.42. The molecule has 0 spiro atoms. The molecule has 0 saturated heterocycles. The Morgan fingerprint density at radius 1 is 1.35 bits per heavy atom. The smallest absolute Gasteiger partial charge is 0.396 e. The summed E-state index contributed by atoms with van der Waals surface area (Å²) in [6.45, 7) is 0.199. The third kappa shape index (κ3) is 4.28. The highest BCUT2D eigenvalue weighted by atomic mass is 19.4. The number of aliphatic hydroxyl groups is 1. The van der Waals surface area contributed by atoms with Gasteiger partial charge < -0.3 is 20.6 Å². The van der Waals surface area contributed by atoms with E-state index in [-0.39, 0.29) is 24.3 Å². The van der Waals surface area contributed by atoms with E-state index >= 15 is 0 Å². The Bertz CT molecular complexity index is 584. The number of hydrogen-bond acceptors (Lipinski definition) is 3. The second-order valence-electron chi connectivity index (χ2n) is 6.09. The Morgan fingerprint density at radius 2 is 2.00 bits per heavy atom. The van der Waals surface area contributed by atoms with Gasteiger partial charge in [-0.25, -0.2) is 4.79 Å². The Labute approximate surface area is 132 Å². The topological polar surface area (TPSA) is 64.6 Å². The van der Waals surface area contributed by atoms with Gasteiger partial charge in [0.05, 0.1) is 17.9 Å². The van der Waals surface area contributed by atoms with Gasteiger partial charge in [-0.15, -0.1) is 0 Å². The fourth-order valence-corrected chi connectivity index (χ4v) is 2.16. The summed E-state index contributed by atoms with van der Waals surface area (Å²) < 4.78 is 39.5. The lowest BCUT2D eigenvalue weighted by Crippen LogP contribution is -2.35. The molecule has 1 aliphatic carbocycles. The molecule has 0 radical (unpaired) electrons. The molecule has 0 aliphatic heterocycles. The van der Waals surface area contributed by atoms with E-state index in [2.05, 4.69) is 10.6 Å². The van der Waals surface area contributed by atoms with Crippen LogP contribution in [0.4, 0.5) is 29.3 Å². The summed E-state index contributed by atoms with van der Waals surface area (Å²) in [6, 6.07) is 3.01. The van der Waals surface area contributed by atoms with Gasteiger partial charge in [-0.3, -0.25) is 0 Å². The molecule has 2 amide bonds. The molecule has 0 aromatic heterocycles. The number of hydrogen-bond donors (Lipinski definition) is 3. The molecule has 0 heterocycles. The van der Waals surface area contributed by atoms with E-state index in [4.69, 9.17) is 5.11 Å². The summed E-state index contributed by atoms with van der Waals surface area (Å²) >= 11 is 0. The number of rotatable bonds is 5. The summed E-state index contributed by atoms with van der Waals surface area (Å²) in [5, 5.41) is 13.9. The molecular weight excluding hydrogens is 311 g/mol. The number of urea groups is 1. The monoisotopic (exact) mass is 331 g/mol. The van der Waals surface area contributed by atoms with Gasteiger partial charge in [-0.2, -0.15) is 13.2 Å². The number of amides is 2. The van der Waals surface area contributed by atoms with Crippen molar-refractivity contribution in [3.63, 3.8) is 0 Å². The lowest BCUT2D eigenvalue weighted by atomic mass is 10.1. The van der Waals surface area contributed by atoms with Crippen LogP contribution in [-0.2, 0) is 6.18 Å². The van der Waals surface area contributed by atoms with Crippen LogP contribution in [0.5, 0.6) is 0 Å². The van der Waals surface area contributed by atoms with Crippen LogP contribution in [0, 0.1) is 5.41 Å². The molecule has 23 heavy (non-hydrogen) atoms. The van der Waals surface area contributed by atoms with Crippen LogP contribution in [0.1, 0.15) is 18.4 Å².